The summed E-state index contributed by atoms with van der Waals surface area (Å²) in [5.74, 6) is 0.0800. The van der Waals surface area contributed by atoms with E-state index in [1.165, 1.54) is 4.88 Å². The molecule has 17 heavy (non-hydrogen) atoms. The van der Waals surface area contributed by atoms with Crippen LogP contribution in [0.4, 0.5) is 0 Å². The van der Waals surface area contributed by atoms with Gasteiger partial charge in [-0.1, -0.05) is 6.07 Å². The summed E-state index contributed by atoms with van der Waals surface area (Å²) in [4.78, 5) is 12.8. The molecule has 0 radical (unpaired) electrons. The summed E-state index contributed by atoms with van der Waals surface area (Å²) < 4.78 is 5.29. The highest BCUT2D eigenvalue weighted by Gasteiger charge is 2.16. The van der Waals surface area contributed by atoms with Crippen LogP contribution in [0.25, 0.3) is 0 Å². The van der Waals surface area contributed by atoms with Crippen LogP contribution >= 0.6 is 23.7 Å². The molecule has 2 rings (SSSR count). The summed E-state index contributed by atoms with van der Waals surface area (Å²) in [7, 11) is 0. The van der Waals surface area contributed by atoms with Gasteiger partial charge in [0.15, 0.2) is 0 Å². The fourth-order valence-corrected chi connectivity index (χ4v) is 2.29. The second-order valence-corrected chi connectivity index (χ2v) is 4.82. The van der Waals surface area contributed by atoms with Crippen molar-refractivity contribution in [1.29, 1.82) is 0 Å². The number of amides is 1. The fraction of sp³-hybridized carbons (Fsp3) is 0.545. The molecule has 6 heteroatoms. The van der Waals surface area contributed by atoms with E-state index in [0.717, 1.165) is 13.2 Å². The maximum Gasteiger partial charge on any atom is 0.221 e. The van der Waals surface area contributed by atoms with E-state index in [9.17, 15) is 4.79 Å². The highest BCUT2D eigenvalue weighted by Crippen LogP contribution is 2.07. The molecule has 0 saturated carbocycles. The molecule has 1 atom stereocenters. The minimum atomic E-state index is 0. The third kappa shape index (κ3) is 5.04. The van der Waals surface area contributed by atoms with Crippen molar-refractivity contribution in [2.75, 3.05) is 19.8 Å². The van der Waals surface area contributed by atoms with Crippen molar-refractivity contribution in [3.8, 4) is 0 Å². The predicted octanol–water partition coefficient (Wildman–Crippen LogP) is 1.16. The van der Waals surface area contributed by atoms with Gasteiger partial charge < -0.3 is 15.4 Å². The summed E-state index contributed by atoms with van der Waals surface area (Å²) in [6, 6.07) is 4.17. The topological polar surface area (TPSA) is 50.4 Å². The Bertz CT molecular complexity index is 326. The molecule has 2 heterocycles. The molecule has 2 N–H and O–H groups in total. The zero-order chi connectivity index (χ0) is 11.2. The summed E-state index contributed by atoms with van der Waals surface area (Å²) in [5.41, 5.74) is 0. The minimum Gasteiger partial charge on any atom is -0.378 e. The Morgan fingerprint density at radius 3 is 3.18 bits per heavy atom. The van der Waals surface area contributed by atoms with Crippen molar-refractivity contribution in [2.45, 2.75) is 19.0 Å². The first-order chi connectivity index (χ1) is 7.84. The largest absolute Gasteiger partial charge is 0.378 e. The molecule has 1 amide bonds. The molecule has 1 saturated heterocycles. The number of hydrogen-bond donors (Lipinski definition) is 2. The van der Waals surface area contributed by atoms with Gasteiger partial charge in [-0.05, 0) is 11.4 Å². The lowest BCUT2D eigenvalue weighted by Crippen LogP contribution is -2.44. The van der Waals surface area contributed by atoms with E-state index in [-0.39, 0.29) is 24.4 Å². The zero-order valence-corrected chi connectivity index (χ0v) is 11.1. The summed E-state index contributed by atoms with van der Waals surface area (Å²) in [6.45, 7) is 2.84. The van der Waals surface area contributed by atoms with Gasteiger partial charge in [0, 0.05) is 23.9 Å². The third-order valence-electron chi connectivity index (χ3n) is 2.47. The van der Waals surface area contributed by atoms with Crippen molar-refractivity contribution in [3.63, 3.8) is 0 Å². The van der Waals surface area contributed by atoms with Gasteiger partial charge in [0.05, 0.1) is 19.8 Å². The maximum absolute atomic E-state index is 11.6. The van der Waals surface area contributed by atoms with Gasteiger partial charge in [-0.2, -0.15) is 0 Å². The van der Waals surface area contributed by atoms with E-state index in [0.29, 0.717) is 19.6 Å². The van der Waals surface area contributed by atoms with Crippen molar-refractivity contribution >= 4 is 29.7 Å². The van der Waals surface area contributed by atoms with Crippen LogP contribution in [0.5, 0.6) is 0 Å². The smallest absolute Gasteiger partial charge is 0.221 e. The summed E-state index contributed by atoms with van der Waals surface area (Å²) in [5, 5.41) is 8.18. The molecule has 0 aromatic carbocycles. The third-order valence-corrected chi connectivity index (χ3v) is 3.35. The predicted molar refractivity (Wildman–Crippen MR) is 70.6 cm³/mol. The van der Waals surface area contributed by atoms with Gasteiger partial charge in [-0.15, -0.1) is 23.7 Å². The van der Waals surface area contributed by atoms with Gasteiger partial charge >= 0.3 is 0 Å². The SMILES string of the molecule is Cl.O=C(CC1COCCN1)NCc1cccs1. The quantitative estimate of drug-likeness (QED) is 0.868. The van der Waals surface area contributed by atoms with Crippen LogP contribution in [0.1, 0.15) is 11.3 Å². The fourth-order valence-electron chi connectivity index (χ4n) is 1.65. The Morgan fingerprint density at radius 2 is 2.53 bits per heavy atom. The first kappa shape index (κ1) is 14.4. The van der Waals surface area contributed by atoms with Crippen LogP contribution in [0.3, 0.4) is 0 Å². The van der Waals surface area contributed by atoms with Gasteiger partial charge in [0.1, 0.15) is 0 Å². The number of thiophene rings is 1. The molecule has 1 aliphatic rings. The molecular weight excluding hydrogens is 260 g/mol. The first-order valence-corrected chi connectivity index (χ1v) is 6.33. The molecule has 1 unspecified atom stereocenters. The minimum absolute atomic E-state index is 0. The lowest BCUT2D eigenvalue weighted by molar-refractivity contribution is -0.122. The molecule has 1 aliphatic heterocycles. The second-order valence-electron chi connectivity index (χ2n) is 3.79. The maximum atomic E-state index is 11.6. The van der Waals surface area contributed by atoms with E-state index >= 15 is 0 Å². The Labute approximate surface area is 111 Å². The Hall–Kier alpha value is -0.620. The molecule has 1 aromatic rings. The zero-order valence-electron chi connectivity index (χ0n) is 9.48. The van der Waals surface area contributed by atoms with Crippen LogP contribution in [-0.2, 0) is 16.1 Å². The number of carbonyl (C=O) groups excluding carboxylic acids is 1. The van der Waals surface area contributed by atoms with Gasteiger partial charge in [-0.3, -0.25) is 4.79 Å². The lowest BCUT2D eigenvalue weighted by Gasteiger charge is -2.23. The van der Waals surface area contributed by atoms with Crippen LogP contribution in [0.15, 0.2) is 17.5 Å². The van der Waals surface area contributed by atoms with E-state index in [1.807, 2.05) is 17.5 Å². The van der Waals surface area contributed by atoms with Crippen LogP contribution in [0.2, 0.25) is 0 Å². The molecular formula is C11H17ClN2O2S. The van der Waals surface area contributed by atoms with Crippen molar-refractivity contribution in [3.05, 3.63) is 22.4 Å². The van der Waals surface area contributed by atoms with Crippen LogP contribution in [-0.4, -0.2) is 31.7 Å². The first-order valence-electron chi connectivity index (χ1n) is 5.45. The highest BCUT2D eigenvalue weighted by molar-refractivity contribution is 7.09. The number of carbonyl (C=O) groups is 1. The van der Waals surface area contributed by atoms with E-state index in [4.69, 9.17) is 4.74 Å². The number of halogens is 1. The van der Waals surface area contributed by atoms with Crippen LogP contribution < -0.4 is 10.6 Å². The second kappa shape index (κ2) is 7.66. The number of hydrogen-bond acceptors (Lipinski definition) is 4. The average Bonchev–Trinajstić information content (AvgIpc) is 2.81. The molecule has 0 aliphatic carbocycles. The molecule has 0 bridgehead atoms. The normalized spacial score (nSPS) is 19.4. The van der Waals surface area contributed by atoms with E-state index in [1.54, 1.807) is 11.3 Å². The van der Waals surface area contributed by atoms with Gasteiger partial charge in [0.25, 0.3) is 0 Å². The number of nitrogens with one attached hydrogen (secondary N) is 2. The molecule has 0 spiro atoms. The Kier molecular flexibility index (Phi) is 6.50. The Balaban J connectivity index is 0.00000144. The molecule has 4 nitrogen and oxygen atoms in total. The summed E-state index contributed by atoms with van der Waals surface area (Å²) >= 11 is 1.66. The summed E-state index contributed by atoms with van der Waals surface area (Å²) in [6.07, 6.45) is 0.491. The van der Waals surface area contributed by atoms with Crippen molar-refractivity contribution < 1.29 is 9.53 Å². The van der Waals surface area contributed by atoms with E-state index < -0.39 is 0 Å². The van der Waals surface area contributed by atoms with Crippen molar-refractivity contribution in [1.82, 2.24) is 10.6 Å². The average molecular weight is 277 g/mol. The van der Waals surface area contributed by atoms with Crippen LogP contribution in [0, 0.1) is 0 Å². The standard InChI is InChI=1S/C11H16N2O2S.ClH/c14-11(6-9-8-15-4-3-12-9)13-7-10-2-1-5-16-10;/h1-2,5,9,12H,3-4,6-8H2,(H,13,14);1H. The molecule has 1 fully saturated rings. The lowest BCUT2D eigenvalue weighted by atomic mass is 10.2. The Morgan fingerprint density at radius 1 is 1.65 bits per heavy atom. The molecule has 96 valence electrons. The van der Waals surface area contributed by atoms with Gasteiger partial charge in [0.2, 0.25) is 5.91 Å². The molecule has 1 aromatic heterocycles. The number of rotatable bonds is 4. The van der Waals surface area contributed by atoms with Crippen molar-refractivity contribution in [2.24, 2.45) is 0 Å². The van der Waals surface area contributed by atoms with Gasteiger partial charge in [-0.25, -0.2) is 0 Å². The number of ether oxygens (including phenoxy) is 1. The highest BCUT2D eigenvalue weighted by atomic mass is 35.5. The number of morpholine rings is 1. The van der Waals surface area contributed by atoms with E-state index in [2.05, 4.69) is 10.6 Å². The monoisotopic (exact) mass is 276 g/mol.